The Bertz CT molecular complexity index is 1690. The fraction of sp³-hybridized carbons (Fsp3) is 0.370. The molecule has 6 rings (SSSR count). The van der Waals surface area contributed by atoms with Crippen LogP contribution in [0.4, 0.5) is 13.6 Å². The highest BCUT2D eigenvalue weighted by molar-refractivity contribution is 7.14. The van der Waals surface area contributed by atoms with E-state index in [-0.39, 0.29) is 40.9 Å². The maximum Gasteiger partial charge on any atom is 0.410 e. The van der Waals surface area contributed by atoms with E-state index in [0.717, 1.165) is 29.0 Å². The van der Waals surface area contributed by atoms with Crippen molar-refractivity contribution in [2.24, 2.45) is 0 Å². The van der Waals surface area contributed by atoms with Crippen LogP contribution in [0.5, 0.6) is 5.75 Å². The second-order valence-electron chi connectivity index (χ2n) is 10.3. The average Bonchev–Trinajstić information content (AvgIpc) is 3.37. The Morgan fingerprint density at radius 3 is 2.71 bits per heavy atom. The van der Waals surface area contributed by atoms with Crippen molar-refractivity contribution in [3.05, 3.63) is 74.3 Å². The minimum atomic E-state index is -0.876. The smallest absolute Gasteiger partial charge is 0.410 e. The van der Waals surface area contributed by atoms with Crippen molar-refractivity contribution in [3.63, 3.8) is 0 Å². The first-order valence-electron chi connectivity index (χ1n) is 13.1. The zero-order chi connectivity index (χ0) is 29.2. The van der Waals surface area contributed by atoms with E-state index in [0.29, 0.717) is 24.5 Å². The molecule has 0 aliphatic carbocycles. The van der Waals surface area contributed by atoms with Crippen LogP contribution in [-0.2, 0) is 11.2 Å². The minimum Gasteiger partial charge on any atom is -0.502 e. The van der Waals surface area contributed by atoms with Crippen molar-refractivity contribution in [1.82, 2.24) is 24.7 Å². The fourth-order valence-electron chi connectivity index (χ4n) is 5.63. The summed E-state index contributed by atoms with van der Waals surface area (Å²) in [5, 5.41) is 21.5. The number of aromatic nitrogens is 3. The van der Waals surface area contributed by atoms with E-state index in [9.17, 15) is 28.3 Å². The van der Waals surface area contributed by atoms with Gasteiger partial charge in [-0.2, -0.15) is 0 Å². The summed E-state index contributed by atoms with van der Waals surface area (Å²) < 4.78 is 34.3. The van der Waals surface area contributed by atoms with Crippen molar-refractivity contribution >= 4 is 23.3 Å². The van der Waals surface area contributed by atoms with Gasteiger partial charge >= 0.3 is 6.09 Å². The number of likely N-dealkylation sites (N-methyl/N-ethyl adjacent to an activating group) is 1. The van der Waals surface area contributed by atoms with E-state index in [1.54, 1.807) is 34.9 Å². The van der Waals surface area contributed by atoms with Crippen molar-refractivity contribution in [2.75, 3.05) is 24.6 Å². The summed E-state index contributed by atoms with van der Waals surface area (Å²) in [6.45, 7) is 6.26. The molecule has 1 atom stereocenters. The van der Waals surface area contributed by atoms with Gasteiger partial charge in [-0.15, -0.1) is 10.2 Å². The van der Waals surface area contributed by atoms with Crippen LogP contribution >= 0.6 is 11.3 Å². The number of pyridine rings is 1. The molecule has 0 bridgehead atoms. The highest BCUT2D eigenvalue weighted by Gasteiger charge is 2.60. The predicted molar refractivity (Wildman–Crippen MR) is 144 cm³/mol. The highest BCUT2D eigenvalue weighted by Crippen LogP contribution is 2.47. The molecule has 0 saturated carbocycles. The van der Waals surface area contributed by atoms with Gasteiger partial charge in [-0.25, -0.2) is 18.3 Å². The number of ether oxygens (including phenoxy) is 1. The van der Waals surface area contributed by atoms with E-state index in [2.05, 4.69) is 10.2 Å². The largest absolute Gasteiger partial charge is 0.502 e. The lowest BCUT2D eigenvalue weighted by molar-refractivity contribution is 0.0129. The number of likely N-dealkylation sites (tertiary alicyclic amines) is 1. The Hall–Kier alpha value is -4.33. The number of piperidine rings is 1. The first-order chi connectivity index (χ1) is 19.5. The summed E-state index contributed by atoms with van der Waals surface area (Å²) in [4.78, 5) is 42.7. The van der Waals surface area contributed by atoms with Crippen LogP contribution in [0.25, 0.3) is 10.6 Å². The Balaban J connectivity index is 1.37. The zero-order valence-electron chi connectivity index (χ0n) is 22.4. The molecule has 3 aliphatic rings. The molecule has 11 nitrogen and oxygen atoms in total. The van der Waals surface area contributed by atoms with Crippen molar-refractivity contribution < 1.29 is 28.2 Å². The maximum atomic E-state index is 14.2. The van der Waals surface area contributed by atoms with E-state index in [1.807, 2.05) is 6.92 Å². The van der Waals surface area contributed by atoms with Crippen molar-refractivity contribution in [2.45, 2.75) is 45.4 Å². The molecule has 214 valence electrons. The summed E-state index contributed by atoms with van der Waals surface area (Å²) >= 11 is 1.03. The van der Waals surface area contributed by atoms with Crippen LogP contribution in [0.1, 0.15) is 48.3 Å². The molecule has 1 aromatic carbocycles. The van der Waals surface area contributed by atoms with E-state index < -0.39 is 40.5 Å². The third-order valence-electron chi connectivity index (χ3n) is 7.52. The van der Waals surface area contributed by atoms with Crippen LogP contribution in [0.3, 0.4) is 0 Å². The van der Waals surface area contributed by atoms with Crippen LogP contribution in [0.15, 0.2) is 41.0 Å². The van der Waals surface area contributed by atoms with Gasteiger partial charge < -0.3 is 19.6 Å². The summed E-state index contributed by atoms with van der Waals surface area (Å²) in [6, 6.07) is 3.25. The van der Waals surface area contributed by atoms with Gasteiger partial charge in [-0.1, -0.05) is 17.4 Å². The average molecular weight is 585 g/mol. The SMILES string of the molecule is CCN1C(=O)c2c(O)c(=O)c(-c3nnc(Cc4ccc(F)cc4F)s3)cn2N2C=C3CN(C(=O)OC(C)C)CCC312. The van der Waals surface area contributed by atoms with Crippen molar-refractivity contribution in [1.29, 1.82) is 0 Å². The molecule has 3 aromatic rings. The van der Waals surface area contributed by atoms with Gasteiger partial charge in [-0.05, 0) is 32.4 Å². The molecular weight excluding hydrogens is 558 g/mol. The van der Waals surface area contributed by atoms with Gasteiger partial charge in [0.2, 0.25) is 5.43 Å². The molecule has 1 saturated heterocycles. The third-order valence-corrected chi connectivity index (χ3v) is 8.48. The number of aromatic hydroxyl groups is 1. The highest BCUT2D eigenvalue weighted by atomic mass is 32.1. The number of rotatable bonds is 5. The molecule has 1 unspecified atom stereocenters. The molecule has 41 heavy (non-hydrogen) atoms. The second kappa shape index (κ2) is 9.65. The van der Waals surface area contributed by atoms with E-state index >= 15 is 0 Å². The second-order valence-corrected chi connectivity index (χ2v) is 11.4. The number of carbonyl (C=O) groups is 2. The first-order valence-corrected chi connectivity index (χ1v) is 13.9. The quantitative estimate of drug-likeness (QED) is 0.486. The third kappa shape index (κ3) is 4.07. The number of carbonyl (C=O) groups excluding carboxylic acids is 2. The van der Waals surface area contributed by atoms with Crippen LogP contribution < -0.4 is 10.4 Å². The molecule has 2 aromatic heterocycles. The Labute approximate surface area is 236 Å². The topological polar surface area (TPSA) is 121 Å². The van der Waals surface area contributed by atoms with Crippen molar-refractivity contribution in [3.8, 4) is 16.3 Å². The standard InChI is InChI=1S/C27H26F2N6O5S/c1-4-33-25(38)21-23(37)22(36)18(24-31-30-20(41-24)9-15-5-6-17(28)10-19(15)29)13-34(21)35-12-16-11-32(8-7-27(16,33)35)26(39)40-14(2)3/h5-6,10,12-14,37H,4,7-9,11H2,1-3H3. The van der Waals surface area contributed by atoms with Gasteiger partial charge in [0.25, 0.3) is 5.91 Å². The number of hydrogen-bond donors (Lipinski definition) is 1. The number of nitrogens with zero attached hydrogens (tertiary/aromatic N) is 6. The number of benzene rings is 1. The lowest BCUT2D eigenvalue weighted by Crippen LogP contribution is -2.77. The van der Waals surface area contributed by atoms with Gasteiger partial charge in [0.05, 0.1) is 18.2 Å². The lowest BCUT2D eigenvalue weighted by atomic mass is 9.82. The van der Waals surface area contributed by atoms with Gasteiger partial charge in [0.1, 0.15) is 16.6 Å². The molecule has 14 heteroatoms. The number of fused-ring (bicyclic) bond motifs is 2. The van der Waals surface area contributed by atoms with Gasteiger partial charge in [0, 0.05) is 50.0 Å². The molecular formula is C27H26F2N6O5S. The number of halogens is 2. The summed E-state index contributed by atoms with van der Waals surface area (Å²) in [6.07, 6.45) is 2.94. The maximum absolute atomic E-state index is 14.2. The molecule has 5 heterocycles. The number of amides is 2. The first kappa shape index (κ1) is 26.9. The van der Waals surface area contributed by atoms with E-state index in [1.165, 1.54) is 16.9 Å². The molecule has 1 N–H and O–H groups in total. The molecule has 3 aliphatic heterocycles. The predicted octanol–water partition coefficient (Wildman–Crippen LogP) is 3.20. The van der Waals surface area contributed by atoms with Crippen LogP contribution in [-0.4, -0.2) is 73.2 Å². The monoisotopic (exact) mass is 584 g/mol. The zero-order valence-corrected chi connectivity index (χ0v) is 23.2. The Kier molecular flexibility index (Phi) is 6.32. The van der Waals surface area contributed by atoms with Gasteiger partial charge in [-0.3, -0.25) is 14.6 Å². The number of hydrogen-bond acceptors (Lipinski definition) is 9. The molecule has 2 amide bonds. The van der Waals surface area contributed by atoms with E-state index in [4.69, 9.17) is 4.74 Å². The fourth-order valence-corrected chi connectivity index (χ4v) is 6.50. The van der Waals surface area contributed by atoms with Gasteiger partial charge in [0.15, 0.2) is 22.1 Å². The van der Waals surface area contributed by atoms with Crippen LogP contribution in [0.2, 0.25) is 0 Å². The minimum absolute atomic E-state index is 0.0160. The molecule has 1 fully saturated rings. The summed E-state index contributed by atoms with van der Waals surface area (Å²) in [5.74, 6) is -2.65. The summed E-state index contributed by atoms with van der Waals surface area (Å²) in [5.41, 5.74) is -0.789. The van der Waals surface area contributed by atoms with Crippen LogP contribution in [0, 0.1) is 11.6 Å². The lowest BCUT2D eigenvalue weighted by Gasteiger charge is -2.63. The Morgan fingerprint density at radius 2 is 2.02 bits per heavy atom. The normalized spacial score (nSPS) is 19.4. The molecule has 1 spiro atoms. The Morgan fingerprint density at radius 1 is 1.24 bits per heavy atom. The summed E-state index contributed by atoms with van der Waals surface area (Å²) in [7, 11) is 0. The molecule has 0 radical (unpaired) electrons.